The van der Waals surface area contributed by atoms with Crippen molar-refractivity contribution in [2.24, 2.45) is 0 Å². The predicted octanol–water partition coefficient (Wildman–Crippen LogP) is 2.99. The van der Waals surface area contributed by atoms with Gasteiger partial charge < -0.3 is 10.6 Å². The fraction of sp³-hybridized carbons (Fsp3) is 0.238. The second-order valence-electron chi connectivity index (χ2n) is 7.08. The van der Waals surface area contributed by atoms with Gasteiger partial charge in [0.25, 0.3) is 5.56 Å². The van der Waals surface area contributed by atoms with Gasteiger partial charge in [0.2, 0.25) is 5.16 Å². The molecule has 154 valence electrons. The van der Waals surface area contributed by atoms with E-state index < -0.39 is 0 Å². The molecule has 0 saturated heterocycles. The molecule has 3 aromatic heterocycles. The number of nitrogens with two attached hydrogens (primary N) is 1. The number of nitrogen functional groups attached to an aromatic ring is 1. The van der Waals surface area contributed by atoms with Gasteiger partial charge in [-0.3, -0.25) is 9.20 Å². The van der Waals surface area contributed by atoms with Crippen LogP contribution in [0.25, 0.3) is 5.65 Å². The first kappa shape index (κ1) is 20.0. The van der Waals surface area contributed by atoms with Gasteiger partial charge in [-0.2, -0.15) is 0 Å². The summed E-state index contributed by atoms with van der Waals surface area (Å²) in [6.07, 6.45) is 1.70. The first-order valence-corrected chi connectivity index (χ1v) is 10.5. The molecule has 0 radical (unpaired) electrons. The molecule has 9 heteroatoms. The van der Waals surface area contributed by atoms with E-state index >= 15 is 0 Å². The zero-order valence-corrected chi connectivity index (χ0v) is 17.5. The molecule has 0 aliphatic rings. The molecule has 0 unspecified atom stereocenters. The molecule has 4 rings (SSSR count). The number of rotatable bonds is 7. The van der Waals surface area contributed by atoms with Crippen LogP contribution >= 0.6 is 11.8 Å². The Morgan fingerprint density at radius 2 is 1.93 bits per heavy atom. The van der Waals surface area contributed by atoms with E-state index in [0.717, 1.165) is 5.75 Å². The Kier molecular flexibility index (Phi) is 5.71. The van der Waals surface area contributed by atoms with Crippen LogP contribution in [0.5, 0.6) is 5.75 Å². The van der Waals surface area contributed by atoms with Crippen molar-refractivity contribution in [2.45, 2.75) is 37.3 Å². The first-order chi connectivity index (χ1) is 14.5. The molecule has 0 saturated carbocycles. The summed E-state index contributed by atoms with van der Waals surface area (Å²) in [6.45, 7) is 4.51. The minimum atomic E-state index is -0.122. The summed E-state index contributed by atoms with van der Waals surface area (Å²) < 4.78 is 8.69. The average Bonchev–Trinajstić information content (AvgIpc) is 3.10. The molecule has 4 aromatic rings. The zero-order valence-electron chi connectivity index (χ0n) is 16.7. The Morgan fingerprint density at radius 3 is 2.70 bits per heavy atom. The lowest BCUT2D eigenvalue weighted by atomic mass is 10.0. The molecule has 0 aliphatic carbocycles. The van der Waals surface area contributed by atoms with Crippen LogP contribution in [-0.4, -0.2) is 24.3 Å². The molecule has 0 bridgehead atoms. The van der Waals surface area contributed by atoms with Crippen LogP contribution in [0, 0.1) is 0 Å². The van der Waals surface area contributed by atoms with Crippen LogP contribution in [0.3, 0.4) is 0 Å². The number of pyridine rings is 1. The molecular formula is C21H22N6O2S. The number of benzene rings is 1. The van der Waals surface area contributed by atoms with Crippen molar-refractivity contribution in [2.75, 3.05) is 5.84 Å². The fourth-order valence-corrected chi connectivity index (χ4v) is 3.68. The van der Waals surface area contributed by atoms with E-state index in [0.29, 0.717) is 34.0 Å². The zero-order chi connectivity index (χ0) is 21.1. The Morgan fingerprint density at radius 1 is 1.13 bits per heavy atom. The maximum Gasteiger partial charge on any atom is 0.258 e. The molecule has 3 heterocycles. The summed E-state index contributed by atoms with van der Waals surface area (Å²) in [6, 6.07) is 14.9. The SMILES string of the molecule is CC(C)c1ccc(OCc2nnc(SCc3cc(=O)n4ccccc4n3)n2N)cc1. The standard InChI is InChI=1S/C21H22N6O2S/c1-14(2)15-6-8-17(9-7-15)29-12-19-24-25-21(27(19)22)30-13-16-11-20(28)26-10-4-3-5-18(26)23-16/h3-11,14H,12-13,22H2,1-2H3. The van der Waals surface area contributed by atoms with Gasteiger partial charge in [0.05, 0.1) is 5.69 Å². The summed E-state index contributed by atoms with van der Waals surface area (Å²) >= 11 is 1.36. The molecular weight excluding hydrogens is 400 g/mol. The molecule has 2 N–H and O–H groups in total. The van der Waals surface area contributed by atoms with Crippen molar-refractivity contribution in [1.29, 1.82) is 0 Å². The third kappa shape index (κ3) is 4.30. The molecule has 30 heavy (non-hydrogen) atoms. The molecule has 0 spiro atoms. The number of ether oxygens (including phenoxy) is 1. The van der Waals surface area contributed by atoms with Crippen LogP contribution in [-0.2, 0) is 12.4 Å². The second kappa shape index (κ2) is 8.58. The Balaban J connectivity index is 1.40. The van der Waals surface area contributed by atoms with Gasteiger partial charge in [-0.15, -0.1) is 10.2 Å². The number of nitrogens with zero attached hydrogens (tertiary/aromatic N) is 5. The second-order valence-corrected chi connectivity index (χ2v) is 8.03. The van der Waals surface area contributed by atoms with Gasteiger partial charge in [0.1, 0.15) is 18.0 Å². The quantitative estimate of drug-likeness (QED) is 0.361. The number of thioether (sulfide) groups is 1. The van der Waals surface area contributed by atoms with Crippen LogP contribution in [0.4, 0.5) is 0 Å². The van der Waals surface area contributed by atoms with Crippen molar-refractivity contribution in [1.82, 2.24) is 24.3 Å². The van der Waals surface area contributed by atoms with E-state index in [1.165, 1.54) is 32.5 Å². The van der Waals surface area contributed by atoms with E-state index in [4.69, 9.17) is 10.6 Å². The molecule has 0 atom stereocenters. The largest absolute Gasteiger partial charge is 0.486 e. The van der Waals surface area contributed by atoms with Gasteiger partial charge in [0, 0.05) is 18.0 Å². The van der Waals surface area contributed by atoms with Crippen LogP contribution in [0.1, 0.15) is 36.8 Å². The average molecular weight is 423 g/mol. The lowest BCUT2D eigenvalue weighted by molar-refractivity contribution is 0.291. The highest BCUT2D eigenvalue weighted by molar-refractivity contribution is 7.98. The smallest absolute Gasteiger partial charge is 0.258 e. The minimum absolute atomic E-state index is 0.122. The van der Waals surface area contributed by atoms with Crippen LogP contribution < -0.4 is 16.1 Å². The van der Waals surface area contributed by atoms with E-state index in [1.807, 2.05) is 30.3 Å². The monoisotopic (exact) mass is 422 g/mol. The van der Waals surface area contributed by atoms with E-state index in [9.17, 15) is 4.79 Å². The van der Waals surface area contributed by atoms with Crippen LogP contribution in [0.15, 0.2) is 64.7 Å². The van der Waals surface area contributed by atoms with Gasteiger partial charge in [-0.1, -0.05) is 43.8 Å². The number of hydrogen-bond donors (Lipinski definition) is 1. The summed E-state index contributed by atoms with van der Waals surface area (Å²) in [7, 11) is 0. The normalized spacial score (nSPS) is 11.3. The Hall–Kier alpha value is -3.33. The van der Waals surface area contributed by atoms with Crippen molar-refractivity contribution in [3.63, 3.8) is 0 Å². The number of hydrogen-bond acceptors (Lipinski definition) is 7. The van der Waals surface area contributed by atoms with E-state index in [-0.39, 0.29) is 12.2 Å². The summed E-state index contributed by atoms with van der Waals surface area (Å²) in [5.74, 6) is 8.30. The third-order valence-corrected chi connectivity index (χ3v) is 5.60. The highest BCUT2D eigenvalue weighted by Crippen LogP contribution is 2.21. The molecule has 0 fully saturated rings. The van der Waals surface area contributed by atoms with E-state index in [2.05, 4.69) is 29.0 Å². The summed E-state index contributed by atoms with van der Waals surface area (Å²) in [5, 5.41) is 8.76. The van der Waals surface area contributed by atoms with Crippen molar-refractivity contribution >= 4 is 17.4 Å². The molecule has 8 nitrogen and oxygen atoms in total. The lowest BCUT2D eigenvalue weighted by Gasteiger charge is -2.09. The van der Waals surface area contributed by atoms with Crippen LogP contribution in [0.2, 0.25) is 0 Å². The predicted molar refractivity (Wildman–Crippen MR) is 116 cm³/mol. The highest BCUT2D eigenvalue weighted by Gasteiger charge is 2.12. The first-order valence-electron chi connectivity index (χ1n) is 9.53. The summed E-state index contributed by atoms with van der Waals surface area (Å²) in [5.41, 5.74) is 2.39. The van der Waals surface area contributed by atoms with Crippen molar-refractivity contribution in [3.8, 4) is 5.75 Å². The maximum atomic E-state index is 12.2. The van der Waals surface area contributed by atoms with E-state index in [1.54, 1.807) is 18.3 Å². The minimum Gasteiger partial charge on any atom is -0.486 e. The molecule has 0 amide bonds. The molecule has 0 aliphatic heterocycles. The molecule has 1 aromatic carbocycles. The van der Waals surface area contributed by atoms with Gasteiger partial charge in [-0.25, -0.2) is 9.66 Å². The Bertz CT molecular complexity index is 1220. The Labute approximate surface area is 177 Å². The number of aromatic nitrogens is 5. The number of fused-ring (bicyclic) bond motifs is 1. The highest BCUT2D eigenvalue weighted by atomic mass is 32.2. The van der Waals surface area contributed by atoms with Gasteiger partial charge in [-0.05, 0) is 35.7 Å². The fourth-order valence-electron chi connectivity index (χ4n) is 2.92. The van der Waals surface area contributed by atoms with Gasteiger partial charge in [0.15, 0.2) is 5.82 Å². The third-order valence-electron chi connectivity index (χ3n) is 4.62. The van der Waals surface area contributed by atoms with Gasteiger partial charge >= 0.3 is 0 Å². The topological polar surface area (TPSA) is 100 Å². The maximum absolute atomic E-state index is 12.2. The lowest BCUT2D eigenvalue weighted by Crippen LogP contribution is -2.16. The summed E-state index contributed by atoms with van der Waals surface area (Å²) in [4.78, 5) is 16.7. The van der Waals surface area contributed by atoms with Crippen molar-refractivity contribution < 1.29 is 4.74 Å². The van der Waals surface area contributed by atoms with Crippen molar-refractivity contribution in [3.05, 3.63) is 82.2 Å².